The second-order valence-corrected chi connectivity index (χ2v) is 10.7. The van der Waals surface area contributed by atoms with Gasteiger partial charge >= 0.3 is 12.0 Å². The van der Waals surface area contributed by atoms with Crippen LogP contribution in [0.4, 0.5) is 4.79 Å². The molecule has 0 radical (unpaired) electrons. The van der Waals surface area contributed by atoms with Crippen LogP contribution in [0.5, 0.6) is 0 Å². The van der Waals surface area contributed by atoms with Gasteiger partial charge in [0.15, 0.2) is 6.29 Å². The summed E-state index contributed by atoms with van der Waals surface area (Å²) in [5.41, 5.74) is 3.71. The number of likely N-dealkylation sites (tertiary alicyclic amines) is 1. The predicted octanol–water partition coefficient (Wildman–Crippen LogP) is 3.44. The van der Waals surface area contributed by atoms with Gasteiger partial charge in [-0.25, -0.2) is 4.79 Å². The van der Waals surface area contributed by atoms with E-state index in [9.17, 15) is 14.7 Å². The molecule has 4 rings (SSSR count). The quantitative estimate of drug-likeness (QED) is 0.333. The smallest absolute Gasteiger partial charge is 0.325 e. The summed E-state index contributed by atoms with van der Waals surface area (Å²) in [5, 5.41) is 14.7. The number of benzene rings is 2. The van der Waals surface area contributed by atoms with E-state index in [0.717, 1.165) is 48.2 Å². The van der Waals surface area contributed by atoms with Crippen LogP contribution in [0.25, 0.3) is 0 Å². The molecule has 2 heterocycles. The lowest BCUT2D eigenvalue weighted by molar-refractivity contribution is -0.276. The molecular weight excluding hydrogens is 526 g/mol. The summed E-state index contributed by atoms with van der Waals surface area (Å²) in [4.78, 5) is 25.9. The van der Waals surface area contributed by atoms with Crippen molar-refractivity contribution in [1.82, 2.24) is 15.5 Å². The third-order valence-corrected chi connectivity index (χ3v) is 7.80. The van der Waals surface area contributed by atoms with Gasteiger partial charge in [-0.1, -0.05) is 55.5 Å². The standard InChI is InChI=1S/C31H43N3O7/c1-4-39-28(36)17-33-31(37)32-16-22-7-13-25(14-8-22)30-40-27(18-34-15-5-6-26(34)20-38-3)21(2)29(41-30)24-11-9-23(19-35)10-12-24/h7-14,21,26-27,29-30,35H,4-6,15-20H2,1-3H3,(H2,32,33,37). The molecule has 2 saturated heterocycles. The fraction of sp³-hybridized carbons (Fsp3) is 0.548. The number of hydrogen-bond donors (Lipinski definition) is 3. The summed E-state index contributed by atoms with van der Waals surface area (Å²) in [6.07, 6.45) is 1.48. The van der Waals surface area contributed by atoms with E-state index in [1.807, 2.05) is 48.5 Å². The number of hydrogen-bond acceptors (Lipinski definition) is 8. The molecule has 5 atom stereocenters. The molecule has 41 heavy (non-hydrogen) atoms. The van der Waals surface area contributed by atoms with Crippen LogP contribution in [0.3, 0.4) is 0 Å². The molecule has 2 fully saturated rings. The van der Waals surface area contributed by atoms with Crippen LogP contribution in [-0.4, -0.2) is 74.1 Å². The van der Waals surface area contributed by atoms with E-state index in [2.05, 4.69) is 22.5 Å². The summed E-state index contributed by atoms with van der Waals surface area (Å²) in [6, 6.07) is 15.6. The van der Waals surface area contributed by atoms with Gasteiger partial charge in [0.2, 0.25) is 0 Å². The van der Waals surface area contributed by atoms with E-state index in [4.69, 9.17) is 18.9 Å². The first kappa shape index (κ1) is 30.9. The highest BCUT2D eigenvalue weighted by Gasteiger charge is 2.40. The molecule has 0 bridgehead atoms. The molecule has 0 aromatic heterocycles. The molecule has 224 valence electrons. The van der Waals surface area contributed by atoms with E-state index < -0.39 is 18.3 Å². The fourth-order valence-corrected chi connectivity index (χ4v) is 5.48. The van der Waals surface area contributed by atoms with Gasteiger partial charge in [0.1, 0.15) is 6.54 Å². The van der Waals surface area contributed by atoms with E-state index >= 15 is 0 Å². The number of methoxy groups -OCH3 is 1. The van der Waals surface area contributed by atoms with Crippen LogP contribution < -0.4 is 10.6 Å². The highest BCUT2D eigenvalue weighted by Crippen LogP contribution is 2.42. The number of carbonyl (C=O) groups is 2. The number of rotatable bonds is 12. The molecule has 2 aliphatic heterocycles. The highest BCUT2D eigenvalue weighted by molar-refractivity contribution is 5.80. The van der Waals surface area contributed by atoms with Crippen LogP contribution in [0.1, 0.15) is 61.3 Å². The van der Waals surface area contributed by atoms with Crippen molar-refractivity contribution in [2.45, 2.75) is 64.4 Å². The lowest BCUT2D eigenvalue weighted by Gasteiger charge is -2.43. The van der Waals surface area contributed by atoms with Crippen molar-refractivity contribution < 1.29 is 33.6 Å². The zero-order valence-electron chi connectivity index (χ0n) is 24.2. The number of amides is 2. The van der Waals surface area contributed by atoms with Crippen molar-refractivity contribution in [2.75, 3.05) is 40.0 Å². The molecule has 2 aromatic rings. The maximum Gasteiger partial charge on any atom is 0.325 e. The first-order chi connectivity index (χ1) is 19.9. The molecule has 2 amide bonds. The van der Waals surface area contributed by atoms with Gasteiger partial charge in [0, 0.05) is 37.7 Å². The number of aliphatic hydroxyl groups excluding tert-OH is 1. The average Bonchev–Trinajstić information content (AvgIpc) is 3.43. The fourth-order valence-electron chi connectivity index (χ4n) is 5.48. The molecule has 10 heteroatoms. The molecule has 0 aliphatic carbocycles. The monoisotopic (exact) mass is 569 g/mol. The van der Waals surface area contributed by atoms with Crippen LogP contribution in [-0.2, 0) is 36.9 Å². The summed E-state index contributed by atoms with van der Waals surface area (Å²) in [6.45, 7) is 6.82. The number of esters is 1. The van der Waals surface area contributed by atoms with Crippen molar-refractivity contribution in [1.29, 1.82) is 0 Å². The Bertz CT molecular complexity index is 1110. The second-order valence-electron chi connectivity index (χ2n) is 10.7. The third kappa shape index (κ3) is 8.50. The maximum atomic E-state index is 12.0. The SMILES string of the molecule is CCOC(=O)CNC(=O)NCc1ccc(C2OC(CN3CCCC3COC)C(C)C(c3ccc(CO)cc3)O2)cc1. The lowest BCUT2D eigenvalue weighted by atomic mass is 9.90. The Hall–Kier alpha value is -3.02. The minimum atomic E-state index is -0.558. The number of aliphatic hydroxyl groups is 1. The van der Waals surface area contributed by atoms with Gasteiger partial charge in [-0.15, -0.1) is 0 Å². The molecule has 0 saturated carbocycles. The van der Waals surface area contributed by atoms with Crippen molar-refractivity contribution in [3.05, 3.63) is 70.8 Å². The molecule has 2 aliphatic rings. The normalized spacial score (nSPS) is 24.6. The molecular formula is C31H43N3O7. The highest BCUT2D eigenvalue weighted by atomic mass is 16.7. The number of urea groups is 1. The van der Waals surface area contributed by atoms with Crippen LogP contribution in [0.2, 0.25) is 0 Å². The van der Waals surface area contributed by atoms with Crippen LogP contribution in [0.15, 0.2) is 48.5 Å². The first-order valence-electron chi connectivity index (χ1n) is 14.4. The number of carbonyl (C=O) groups excluding carboxylic acids is 2. The van der Waals surface area contributed by atoms with Gasteiger partial charge in [-0.3, -0.25) is 9.69 Å². The molecule has 0 spiro atoms. The Morgan fingerprint density at radius 1 is 1.02 bits per heavy atom. The Morgan fingerprint density at radius 2 is 1.73 bits per heavy atom. The van der Waals surface area contributed by atoms with Crippen molar-refractivity contribution in [2.24, 2.45) is 5.92 Å². The molecule has 2 aromatic carbocycles. The molecule has 5 unspecified atom stereocenters. The van der Waals surface area contributed by atoms with Gasteiger partial charge in [-0.2, -0.15) is 0 Å². The largest absolute Gasteiger partial charge is 0.465 e. The Kier molecular flexibility index (Phi) is 11.5. The van der Waals surface area contributed by atoms with Crippen LogP contribution in [0, 0.1) is 5.92 Å². The van der Waals surface area contributed by atoms with Gasteiger partial charge in [0.25, 0.3) is 0 Å². The van der Waals surface area contributed by atoms with E-state index in [1.54, 1.807) is 14.0 Å². The Morgan fingerprint density at radius 3 is 2.41 bits per heavy atom. The summed E-state index contributed by atoms with van der Waals surface area (Å²) in [7, 11) is 1.75. The maximum absolute atomic E-state index is 12.0. The van der Waals surface area contributed by atoms with E-state index in [-0.39, 0.29) is 37.9 Å². The van der Waals surface area contributed by atoms with E-state index in [0.29, 0.717) is 19.2 Å². The number of nitrogens with one attached hydrogen (secondary N) is 2. The van der Waals surface area contributed by atoms with Gasteiger partial charge < -0.3 is 34.7 Å². The zero-order valence-corrected chi connectivity index (χ0v) is 24.2. The molecule has 10 nitrogen and oxygen atoms in total. The minimum absolute atomic E-state index is 0.000170. The van der Waals surface area contributed by atoms with Crippen molar-refractivity contribution >= 4 is 12.0 Å². The topological polar surface area (TPSA) is 119 Å². The number of ether oxygens (including phenoxy) is 4. The predicted molar refractivity (Wildman–Crippen MR) is 153 cm³/mol. The van der Waals surface area contributed by atoms with E-state index in [1.165, 1.54) is 0 Å². The lowest BCUT2D eigenvalue weighted by Crippen LogP contribution is -2.46. The minimum Gasteiger partial charge on any atom is -0.465 e. The van der Waals surface area contributed by atoms with Crippen molar-refractivity contribution in [3.8, 4) is 0 Å². The number of nitrogens with zero attached hydrogens (tertiary/aromatic N) is 1. The van der Waals surface area contributed by atoms with Crippen LogP contribution >= 0.6 is 0 Å². The Balaban J connectivity index is 1.44. The second kappa shape index (κ2) is 15.3. The third-order valence-electron chi connectivity index (χ3n) is 7.80. The zero-order chi connectivity index (χ0) is 29.2. The summed E-state index contributed by atoms with van der Waals surface area (Å²) < 4.78 is 23.5. The van der Waals surface area contributed by atoms with Crippen molar-refractivity contribution in [3.63, 3.8) is 0 Å². The molecule has 3 N–H and O–H groups in total. The summed E-state index contributed by atoms with van der Waals surface area (Å²) >= 11 is 0. The van der Waals surface area contributed by atoms with Gasteiger partial charge in [0.05, 0.1) is 32.0 Å². The Labute approximate surface area is 242 Å². The first-order valence-corrected chi connectivity index (χ1v) is 14.4. The average molecular weight is 570 g/mol. The summed E-state index contributed by atoms with van der Waals surface area (Å²) in [5.74, 6) is -0.375. The van der Waals surface area contributed by atoms with Gasteiger partial charge in [-0.05, 0) is 43.0 Å².